The van der Waals surface area contributed by atoms with E-state index in [2.05, 4.69) is 25.5 Å². The zero-order valence-corrected chi connectivity index (χ0v) is 17.3. The summed E-state index contributed by atoms with van der Waals surface area (Å²) in [5.74, 6) is -0.0408. The number of halogens is 3. The van der Waals surface area contributed by atoms with Crippen molar-refractivity contribution in [2.45, 2.75) is 12.7 Å². The Labute approximate surface area is 182 Å². The monoisotopic (exact) mass is 440 g/mol. The van der Waals surface area contributed by atoms with Gasteiger partial charge in [0, 0.05) is 30.1 Å². The number of aromatic nitrogens is 4. The van der Waals surface area contributed by atoms with Gasteiger partial charge in [-0.3, -0.25) is 9.97 Å². The number of hydrogen-bond donors (Lipinski definition) is 1. The fourth-order valence-electron chi connectivity index (χ4n) is 3.04. The molecule has 0 unspecified atom stereocenters. The summed E-state index contributed by atoms with van der Waals surface area (Å²) >= 11 is 0. The fraction of sp³-hybridized carbons (Fsp3) is 0.182. The van der Waals surface area contributed by atoms with E-state index in [1.807, 2.05) is 25.1 Å². The van der Waals surface area contributed by atoms with Gasteiger partial charge < -0.3 is 14.6 Å². The van der Waals surface area contributed by atoms with E-state index >= 15 is 0 Å². The Morgan fingerprint density at radius 2 is 1.78 bits per heavy atom. The fourth-order valence-corrected chi connectivity index (χ4v) is 3.04. The van der Waals surface area contributed by atoms with E-state index in [0.717, 1.165) is 17.8 Å². The molecular formula is C22H19F3N6O. The van der Waals surface area contributed by atoms with Crippen LogP contribution in [0.3, 0.4) is 0 Å². The van der Waals surface area contributed by atoms with E-state index < -0.39 is 11.7 Å². The summed E-state index contributed by atoms with van der Waals surface area (Å²) in [6, 6.07) is 10.6. The van der Waals surface area contributed by atoms with Gasteiger partial charge in [0.2, 0.25) is 5.89 Å². The average molecular weight is 440 g/mol. The van der Waals surface area contributed by atoms with Gasteiger partial charge in [0.15, 0.2) is 0 Å². The molecule has 0 amide bonds. The summed E-state index contributed by atoms with van der Waals surface area (Å²) in [5.41, 5.74) is 1.72. The molecule has 1 aromatic carbocycles. The molecule has 0 aliphatic rings. The first-order valence-corrected chi connectivity index (χ1v) is 9.61. The van der Waals surface area contributed by atoms with Crippen LogP contribution >= 0.6 is 0 Å². The molecule has 0 radical (unpaired) electrons. The molecule has 32 heavy (non-hydrogen) atoms. The molecule has 0 spiro atoms. The summed E-state index contributed by atoms with van der Waals surface area (Å²) in [6.07, 6.45) is 0.129. The molecule has 0 aliphatic heterocycles. The predicted molar refractivity (Wildman–Crippen MR) is 113 cm³/mol. The van der Waals surface area contributed by atoms with Gasteiger partial charge in [-0.15, -0.1) is 5.10 Å². The van der Waals surface area contributed by atoms with Gasteiger partial charge in [-0.05, 0) is 56.1 Å². The Kier molecular flexibility index (Phi) is 5.87. The van der Waals surface area contributed by atoms with E-state index in [-0.39, 0.29) is 17.5 Å². The molecule has 10 heteroatoms. The normalized spacial score (nSPS) is 11.7. The van der Waals surface area contributed by atoms with Crippen molar-refractivity contribution in [1.29, 1.82) is 0 Å². The van der Waals surface area contributed by atoms with Crippen molar-refractivity contribution < 1.29 is 17.6 Å². The third kappa shape index (κ3) is 5.09. The van der Waals surface area contributed by atoms with Crippen molar-refractivity contribution in [2.75, 3.05) is 19.4 Å². The number of benzene rings is 1. The quantitative estimate of drug-likeness (QED) is 0.451. The van der Waals surface area contributed by atoms with Crippen LogP contribution in [0.25, 0.3) is 22.6 Å². The highest BCUT2D eigenvalue weighted by atomic mass is 19.4. The Hall–Kier alpha value is -3.79. The van der Waals surface area contributed by atoms with Gasteiger partial charge in [0.05, 0.1) is 23.1 Å². The maximum atomic E-state index is 13.5. The molecule has 4 rings (SSSR count). The number of anilines is 2. The predicted octanol–water partition coefficient (Wildman–Crippen LogP) is 5.02. The van der Waals surface area contributed by atoms with Crippen molar-refractivity contribution in [3.05, 3.63) is 72.3 Å². The molecule has 3 heterocycles. The van der Waals surface area contributed by atoms with Crippen molar-refractivity contribution in [2.24, 2.45) is 0 Å². The van der Waals surface area contributed by atoms with Crippen molar-refractivity contribution in [3.63, 3.8) is 0 Å². The highest BCUT2D eigenvalue weighted by Crippen LogP contribution is 2.36. The largest absolute Gasteiger partial charge is 0.416 e. The number of alkyl halides is 3. The molecule has 0 aliphatic carbocycles. The van der Waals surface area contributed by atoms with Crippen molar-refractivity contribution in [1.82, 2.24) is 25.1 Å². The van der Waals surface area contributed by atoms with Gasteiger partial charge in [-0.2, -0.15) is 13.2 Å². The summed E-state index contributed by atoms with van der Waals surface area (Å²) in [7, 11) is 3.89. The topological polar surface area (TPSA) is 80.0 Å². The summed E-state index contributed by atoms with van der Waals surface area (Å²) in [5, 5.41) is 10.7. The van der Waals surface area contributed by atoms with Crippen LogP contribution in [0.1, 0.15) is 11.3 Å². The number of nitrogens with zero attached hydrogens (tertiary/aromatic N) is 5. The number of pyridine rings is 2. The van der Waals surface area contributed by atoms with E-state index in [0.29, 0.717) is 23.4 Å². The second-order valence-electron chi connectivity index (χ2n) is 7.35. The Balaban J connectivity index is 1.62. The number of nitrogens with one attached hydrogen (secondary N) is 1. The lowest BCUT2D eigenvalue weighted by Gasteiger charge is -2.11. The van der Waals surface area contributed by atoms with Gasteiger partial charge >= 0.3 is 12.2 Å². The standard InChI is InChI=1S/C22H19F3N6O/c1-31(2)13-19-6-5-18(12-27-19)28-21-30-29-20(32-21)16-8-15(14-4-3-7-26-11-14)9-17(10-16)22(23,24)25/h3-12H,13H2,1-2H3,(H,28,30). The van der Waals surface area contributed by atoms with Crippen molar-refractivity contribution >= 4 is 11.7 Å². The van der Waals surface area contributed by atoms with Crippen molar-refractivity contribution in [3.8, 4) is 22.6 Å². The molecule has 7 nitrogen and oxygen atoms in total. The zero-order valence-electron chi connectivity index (χ0n) is 17.3. The highest BCUT2D eigenvalue weighted by molar-refractivity contribution is 5.71. The lowest BCUT2D eigenvalue weighted by Crippen LogP contribution is -2.11. The maximum Gasteiger partial charge on any atom is 0.416 e. The minimum absolute atomic E-state index is 0.0408. The minimum atomic E-state index is -4.53. The first-order valence-electron chi connectivity index (χ1n) is 9.61. The summed E-state index contributed by atoms with van der Waals surface area (Å²) < 4.78 is 46.0. The molecule has 164 valence electrons. The molecule has 0 atom stereocenters. The third-order valence-electron chi connectivity index (χ3n) is 4.48. The lowest BCUT2D eigenvalue weighted by atomic mass is 10.0. The maximum absolute atomic E-state index is 13.5. The molecule has 0 saturated heterocycles. The summed E-state index contributed by atoms with van der Waals surface area (Å²) in [4.78, 5) is 10.3. The van der Waals surface area contributed by atoms with Crippen LogP contribution in [0, 0.1) is 0 Å². The van der Waals surface area contributed by atoms with Gasteiger partial charge in [0.25, 0.3) is 0 Å². The van der Waals surface area contributed by atoms with E-state index in [1.165, 1.54) is 6.20 Å². The van der Waals surface area contributed by atoms with Crippen LogP contribution in [0.15, 0.2) is 65.5 Å². The van der Waals surface area contributed by atoms with E-state index in [9.17, 15) is 13.2 Å². The van der Waals surface area contributed by atoms with Crippen LogP contribution < -0.4 is 5.32 Å². The van der Waals surface area contributed by atoms with E-state index in [4.69, 9.17) is 4.42 Å². The van der Waals surface area contributed by atoms with Crippen LogP contribution in [-0.2, 0) is 12.7 Å². The molecule has 1 N–H and O–H groups in total. The van der Waals surface area contributed by atoms with Crippen LogP contribution in [-0.4, -0.2) is 39.2 Å². The molecule has 0 fully saturated rings. The third-order valence-corrected chi connectivity index (χ3v) is 4.48. The van der Waals surface area contributed by atoms with E-state index in [1.54, 1.807) is 36.7 Å². The summed E-state index contributed by atoms with van der Waals surface area (Å²) in [6.45, 7) is 0.694. The number of hydrogen-bond acceptors (Lipinski definition) is 7. The molecule has 3 aromatic heterocycles. The lowest BCUT2D eigenvalue weighted by molar-refractivity contribution is -0.137. The second kappa shape index (κ2) is 8.75. The van der Waals surface area contributed by atoms with Gasteiger partial charge in [-0.25, -0.2) is 0 Å². The van der Waals surface area contributed by atoms with Crippen LogP contribution in [0.4, 0.5) is 24.9 Å². The SMILES string of the molecule is CN(C)Cc1ccc(Nc2nnc(-c3cc(-c4cccnc4)cc(C(F)(F)F)c3)o2)cn1. The average Bonchev–Trinajstić information content (AvgIpc) is 3.23. The molecular weight excluding hydrogens is 421 g/mol. The van der Waals surface area contributed by atoms with Gasteiger partial charge in [0.1, 0.15) is 0 Å². The Morgan fingerprint density at radius 3 is 2.44 bits per heavy atom. The molecule has 0 bridgehead atoms. The Bertz CT molecular complexity index is 1190. The second-order valence-corrected chi connectivity index (χ2v) is 7.35. The highest BCUT2D eigenvalue weighted by Gasteiger charge is 2.32. The molecule has 0 saturated carbocycles. The Morgan fingerprint density at radius 1 is 0.969 bits per heavy atom. The minimum Gasteiger partial charge on any atom is -0.403 e. The first-order chi connectivity index (χ1) is 15.3. The first kappa shape index (κ1) is 21.4. The molecule has 4 aromatic rings. The number of rotatable bonds is 6. The smallest absolute Gasteiger partial charge is 0.403 e. The zero-order chi connectivity index (χ0) is 22.7. The van der Waals surface area contributed by atoms with Gasteiger partial charge in [-0.1, -0.05) is 11.2 Å². The van der Waals surface area contributed by atoms with Crippen LogP contribution in [0.2, 0.25) is 0 Å². The van der Waals surface area contributed by atoms with Crippen LogP contribution in [0.5, 0.6) is 0 Å².